The number of carbonyl (C=O) groups is 1. The van der Waals surface area contributed by atoms with E-state index in [2.05, 4.69) is 41.5 Å². The van der Waals surface area contributed by atoms with E-state index in [-0.39, 0.29) is 17.6 Å². The molecule has 0 aliphatic carbocycles. The number of rotatable bonds is 6. The predicted octanol–water partition coefficient (Wildman–Crippen LogP) is 5.78. The average molecular weight is 470 g/mol. The summed E-state index contributed by atoms with van der Waals surface area (Å²) in [5, 5.41) is 13.6. The molecule has 2 N–H and O–H groups in total. The summed E-state index contributed by atoms with van der Waals surface area (Å²) in [6.45, 7) is 2.12. The summed E-state index contributed by atoms with van der Waals surface area (Å²) in [5.74, 6) is 0.158. The van der Waals surface area contributed by atoms with Crippen LogP contribution in [-0.4, -0.2) is 21.2 Å². The number of carboxylic acid groups (broad SMARTS) is 1. The van der Waals surface area contributed by atoms with Gasteiger partial charge in [0.05, 0.1) is 17.3 Å². The van der Waals surface area contributed by atoms with Crippen molar-refractivity contribution in [2.24, 2.45) is 0 Å². The molecule has 7 heteroatoms. The summed E-state index contributed by atoms with van der Waals surface area (Å²) in [6.07, 6.45) is 2.71. The average Bonchev–Trinajstić information content (AvgIpc) is 3.49. The summed E-state index contributed by atoms with van der Waals surface area (Å²) in [4.78, 5) is 18.3. The van der Waals surface area contributed by atoms with Gasteiger partial charge in [-0.05, 0) is 66.7 Å². The second-order valence-corrected chi connectivity index (χ2v) is 8.46. The highest BCUT2D eigenvalue weighted by atomic mass is 32.1. The fourth-order valence-electron chi connectivity index (χ4n) is 4.36. The highest BCUT2D eigenvalue weighted by molar-refractivity contribution is 7.80. The first-order chi connectivity index (χ1) is 16.6. The molecule has 1 fully saturated rings. The number of hydrogen-bond acceptors (Lipinski definition) is 4. The zero-order valence-electron chi connectivity index (χ0n) is 18.5. The zero-order valence-corrected chi connectivity index (χ0v) is 19.3. The Morgan fingerprint density at radius 3 is 2.53 bits per heavy atom. The standard InChI is InChI=1S/C27H23N3O3S/c1-2-17-10-12-18(13-11-17)30-25(24(29-27(30)34)21-9-5-6-16-28-21)23-15-14-22(33-23)19-7-3-4-8-20(19)26(31)32/h3-16,24-25H,2H2,1H3,(H,29,34)(H,31,32)/t24-,25-/m0/s1. The maximum absolute atomic E-state index is 11.7. The minimum absolute atomic E-state index is 0.191. The molecule has 0 saturated carbocycles. The molecule has 4 aromatic rings. The van der Waals surface area contributed by atoms with Crippen LogP contribution in [0.4, 0.5) is 5.69 Å². The maximum atomic E-state index is 11.7. The SMILES string of the molecule is CCc1ccc(N2C(=S)N[C@@H](c3ccccn3)[C@@H]2c2ccc(-c3ccccc3C(=O)O)o2)cc1. The number of hydrogen-bond donors (Lipinski definition) is 2. The van der Waals surface area contributed by atoms with Crippen molar-refractivity contribution in [3.05, 3.63) is 108 Å². The van der Waals surface area contributed by atoms with Crippen LogP contribution in [0.5, 0.6) is 0 Å². The van der Waals surface area contributed by atoms with E-state index in [1.165, 1.54) is 5.56 Å². The van der Waals surface area contributed by atoms with Crippen molar-refractivity contribution in [3.63, 3.8) is 0 Å². The molecule has 1 aliphatic rings. The molecule has 5 rings (SSSR count). The van der Waals surface area contributed by atoms with Crippen LogP contribution in [0.3, 0.4) is 0 Å². The van der Waals surface area contributed by atoms with E-state index in [1.807, 2.05) is 35.2 Å². The molecule has 1 saturated heterocycles. The molecule has 0 spiro atoms. The van der Waals surface area contributed by atoms with Crippen LogP contribution < -0.4 is 10.2 Å². The molecule has 2 atom stereocenters. The highest BCUT2D eigenvalue weighted by Gasteiger charge is 2.42. The molecular formula is C27H23N3O3S. The van der Waals surface area contributed by atoms with E-state index < -0.39 is 5.97 Å². The van der Waals surface area contributed by atoms with Crippen LogP contribution >= 0.6 is 12.2 Å². The van der Waals surface area contributed by atoms with Gasteiger partial charge in [0, 0.05) is 17.4 Å². The van der Waals surface area contributed by atoms with Gasteiger partial charge in [0.1, 0.15) is 17.6 Å². The van der Waals surface area contributed by atoms with Crippen LogP contribution in [0, 0.1) is 0 Å². The Morgan fingerprint density at radius 2 is 1.82 bits per heavy atom. The normalized spacial score (nSPS) is 17.6. The lowest BCUT2D eigenvalue weighted by atomic mass is 10.0. The van der Waals surface area contributed by atoms with Gasteiger partial charge in [-0.3, -0.25) is 4.98 Å². The van der Waals surface area contributed by atoms with E-state index in [4.69, 9.17) is 16.6 Å². The number of nitrogens with one attached hydrogen (secondary N) is 1. The summed E-state index contributed by atoms with van der Waals surface area (Å²) in [5.41, 5.74) is 3.75. The van der Waals surface area contributed by atoms with Gasteiger partial charge in [0.2, 0.25) is 0 Å². The number of aryl methyl sites for hydroxylation is 1. The summed E-state index contributed by atoms with van der Waals surface area (Å²) in [7, 11) is 0. The largest absolute Gasteiger partial charge is 0.478 e. The molecule has 0 amide bonds. The molecular weight excluding hydrogens is 446 g/mol. The van der Waals surface area contributed by atoms with Crippen LogP contribution in [0.1, 0.15) is 46.4 Å². The molecule has 170 valence electrons. The minimum Gasteiger partial charge on any atom is -0.478 e. The van der Waals surface area contributed by atoms with E-state index in [0.717, 1.165) is 17.8 Å². The van der Waals surface area contributed by atoms with E-state index in [0.29, 0.717) is 22.2 Å². The number of carboxylic acids is 1. The first kappa shape index (κ1) is 21.9. The molecule has 3 heterocycles. The van der Waals surface area contributed by atoms with Crippen molar-refractivity contribution in [2.75, 3.05) is 4.90 Å². The fourth-order valence-corrected chi connectivity index (χ4v) is 4.70. The zero-order chi connectivity index (χ0) is 23.7. The maximum Gasteiger partial charge on any atom is 0.336 e. The van der Waals surface area contributed by atoms with Crippen molar-refractivity contribution >= 4 is 29.0 Å². The van der Waals surface area contributed by atoms with Gasteiger partial charge < -0.3 is 19.7 Å². The minimum atomic E-state index is -0.999. The van der Waals surface area contributed by atoms with Crippen LogP contribution in [0.2, 0.25) is 0 Å². The Bertz CT molecular complexity index is 1330. The Kier molecular flexibility index (Phi) is 5.86. The number of nitrogens with zero attached hydrogens (tertiary/aromatic N) is 2. The third kappa shape index (κ3) is 3.95. The molecule has 2 aromatic heterocycles. The topological polar surface area (TPSA) is 78.6 Å². The molecule has 0 radical (unpaired) electrons. The molecule has 2 aromatic carbocycles. The molecule has 6 nitrogen and oxygen atoms in total. The highest BCUT2D eigenvalue weighted by Crippen LogP contribution is 2.43. The van der Waals surface area contributed by atoms with E-state index >= 15 is 0 Å². The van der Waals surface area contributed by atoms with Gasteiger partial charge in [0.15, 0.2) is 5.11 Å². The summed E-state index contributed by atoms with van der Waals surface area (Å²) in [6, 6.07) is 24.1. The van der Waals surface area contributed by atoms with Crippen molar-refractivity contribution < 1.29 is 14.3 Å². The second-order valence-electron chi connectivity index (χ2n) is 8.07. The van der Waals surface area contributed by atoms with E-state index in [1.54, 1.807) is 30.5 Å². The number of aromatic nitrogens is 1. The Hall–Kier alpha value is -3.97. The summed E-state index contributed by atoms with van der Waals surface area (Å²) < 4.78 is 6.31. The van der Waals surface area contributed by atoms with Gasteiger partial charge in [-0.15, -0.1) is 0 Å². The van der Waals surface area contributed by atoms with Gasteiger partial charge >= 0.3 is 5.97 Å². The third-order valence-corrected chi connectivity index (χ3v) is 6.38. The van der Waals surface area contributed by atoms with Crippen molar-refractivity contribution in [3.8, 4) is 11.3 Å². The number of thiocarbonyl (C=S) groups is 1. The number of pyridine rings is 1. The van der Waals surface area contributed by atoms with E-state index in [9.17, 15) is 9.90 Å². The number of aromatic carboxylic acids is 1. The smallest absolute Gasteiger partial charge is 0.336 e. The first-order valence-electron chi connectivity index (χ1n) is 11.1. The van der Waals surface area contributed by atoms with Crippen LogP contribution in [0.25, 0.3) is 11.3 Å². The third-order valence-electron chi connectivity index (χ3n) is 6.06. The fraction of sp³-hybridized carbons (Fsp3) is 0.148. The number of anilines is 1. The lowest BCUT2D eigenvalue weighted by molar-refractivity contribution is 0.0697. The van der Waals surface area contributed by atoms with Crippen LogP contribution in [0.15, 0.2) is 89.5 Å². The molecule has 34 heavy (non-hydrogen) atoms. The quantitative estimate of drug-likeness (QED) is 0.347. The lowest BCUT2D eigenvalue weighted by Gasteiger charge is -2.26. The van der Waals surface area contributed by atoms with Crippen molar-refractivity contribution in [2.45, 2.75) is 25.4 Å². The van der Waals surface area contributed by atoms with Crippen LogP contribution in [-0.2, 0) is 6.42 Å². The number of furan rings is 1. The summed E-state index contributed by atoms with van der Waals surface area (Å²) >= 11 is 5.76. The Morgan fingerprint density at radius 1 is 1.06 bits per heavy atom. The van der Waals surface area contributed by atoms with Gasteiger partial charge in [-0.2, -0.15) is 0 Å². The monoisotopic (exact) mass is 469 g/mol. The Balaban J connectivity index is 1.60. The molecule has 0 bridgehead atoms. The Labute approximate surface area is 202 Å². The molecule has 0 unspecified atom stereocenters. The lowest BCUT2D eigenvalue weighted by Crippen LogP contribution is -2.29. The second kappa shape index (κ2) is 9.11. The first-order valence-corrected chi connectivity index (χ1v) is 11.5. The van der Waals surface area contributed by atoms with Gasteiger partial charge in [0.25, 0.3) is 0 Å². The van der Waals surface area contributed by atoms with Gasteiger partial charge in [-0.25, -0.2) is 4.79 Å². The van der Waals surface area contributed by atoms with Gasteiger partial charge in [-0.1, -0.05) is 43.3 Å². The van der Waals surface area contributed by atoms with Crippen molar-refractivity contribution in [1.29, 1.82) is 0 Å². The predicted molar refractivity (Wildman–Crippen MR) is 135 cm³/mol. The van der Waals surface area contributed by atoms with Crippen molar-refractivity contribution in [1.82, 2.24) is 10.3 Å². The number of benzene rings is 2. The molecule has 1 aliphatic heterocycles.